The number of fused-ring (bicyclic) bond motifs is 1. The van der Waals surface area contributed by atoms with Crippen LogP contribution in [0.4, 0.5) is 0 Å². The summed E-state index contributed by atoms with van der Waals surface area (Å²) in [5.41, 5.74) is 0.829. The highest BCUT2D eigenvalue weighted by Gasteiger charge is 2.50. The molecule has 0 saturated carbocycles. The molecular formula is C16H18N8O5S. The van der Waals surface area contributed by atoms with E-state index >= 15 is 0 Å². The Morgan fingerprint density at radius 2 is 1.97 bits per heavy atom. The third kappa shape index (κ3) is 3.65. The summed E-state index contributed by atoms with van der Waals surface area (Å²) >= 11 is 0. The summed E-state index contributed by atoms with van der Waals surface area (Å²) < 4.78 is 46.2. The molecule has 5 rings (SSSR count). The predicted octanol–water partition coefficient (Wildman–Crippen LogP) is -0.697. The number of ether oxygens (including phenoxy) is 3. The summed E-state index contributed by atoms with van der Waals surface area (Å²) in [4.78, 5) is 3.92. The van der Waals surface area contributed by atoms with Crippen LogP contribution in [0.1, 0.15) is 6.04 Å². The van der Waals surface area contributed by atoms with Crippen molar-refractivity contribution in [2.75, 3.05) is 19.5 Å². The molecule has 0 bridgehead atoms. The maximum absolute atomic E-state index is 11.6. The van der Waals surface area contributed by atoms with Gasteiger partial charge in [-0.2, -0.15) is 9.78 Å². The van der Waals surface area contributed by atoms with Gasteiger partial charge in [-0.15, -0.1) is 0 Å². The van der Waals surface area contributed by atoms with Crippen LogP contribution < -0.4 is 9.46 Å². The van der Waals surface area contributed by atoms with Crippen molar-refractivity contribution < 1.29 is 22.6 Å². The van der Waals surface area contributed by atoms with E-state index in [2.05, 4.69) is 30.3 Å². The fourth-order valence-corrected chi connectivity index (χ4v) is 4.39. The van der Waals surface area contributed by atoms with Gasteiger partial charge in [0.05, 0.1) is 31.2 Å². The second-order valence-electron chi connectivity index (χ2n) is 7.00. The van der Waals surface area contributed by atoms with E-state index in [4.69, 9.17) is 14.2 Å². The standard InChI is InChI=1S/C16H18N8O5S/c1-30(25,26)20-12-6-27-15-13(7-28-14(12)15)24-16(19-21-22-24)29-11-4-2-10(3-5-11)23-9-17-8-18-23/h2-5,8-9,12-15,20H,6-7H2,1H3. The van der Waals surface area contributed by atoms with E-state index in [1.807, 2.05) is 12.1 Å². The smallest absolute Gasteiger partial charge is 0.341 e. The van der Waals surface area contributed by atoms with Crippen LogP contribution in [0.25, 0.3) is 5.69 Å². The Kier molecular flexibility index (Phi) is 4.69. The highest BCUT2D eigenvalue weighted by atomic mass is 32.2. The number of aromatic nitrogens is 7. The van der Waals surface area contributed by atoms with Crippen molar-refractivity contribution in [2.24, 2.45) is 0 Å². The largest absolute Gasteiger partial charge is 0.423 e. The number of nitrogens with one attached hydrogen (secondary N) is 1. The van der Waals surface area contributed by atoms with Crippen LogP contribution in [0.15, 0.2) is 36.9 Å². The maximum atomic E-state index is 11.6. The molecule has 2 saturated heterocycles. The Morgan fingerprint density at radius 3 is 2.70 bits per heavy atom. The van der Waals surface area contributed by atoms with Gasteiger partial charge in [0.1, 0.15) is 36.7 Å². The van der Waals surface area contributed by atoms with E-state index < -0.39 is 28.3 Å². The molecule has 4 unspecified atom stereocenters. The van der Waals surface area contributed by atoms with Crippen molar-refractivity contribution >= 4 is 10.0 Å². The van der Waals surface area contributed by atoms with Gasteiger partial charge in [0.2, 0.25) is 10.0 Å². The van der Waals surface area contributed by atoms with Gasteiger partial charge in [-0.1, -0.05) is 5.10 Å². The van der Waals surface area contributed by atoms with Crippen molar-refractivity contribution in [3.8, 4) is 17.4 Å². The fraction of sp³-hybridized carbons (Fsp3) is 0.438. The van der Waals surface area contributed by atoms with Gasteiger partial charge in [0.25, 0.3) is 0 Å². The molecule has 2 fully saturated rings. The Hall–Kier alpha value is -2.94. The molecule has 4 atom stereocenters. The lowest BCUT2D eigenvalue weighted by Crippen LogP contribution is -2.43. The zero-order chi connectivity index (χ0) is 20.7. The van der Waals surface area contributed by atoms with Crippen molar-refractivity contribution in [3.05, 3.63) is 36.9 Å². The quantitative estimate of drug-likeness (QED) is 0.528. The first kappa shape index (κ1) is 19.0. The topological polar surface area (TPSA) is 148 Å². The molecule has 2 aliphatic rings. The third-order valence-electron chi connectivity index (χ3n) is 4.90. The van der Waals surface area contributed by atoms with Crippen LogP contribution in [0.5, 0.6) is 11.8 Å². The maximum Gasteiger partial charge on any atom is 0.341 e. The van der Waals surface area contributed by atoms with Gasteiger partial charge < -0.3 is 14.2 Å². The molecule has 4 heterocycles. The van der Waals surface area contributed by atoms with Crippen LogP contribution >= 0.6 is 0 Å². The van der Waals surface area contributed by atoms with Crippen molar-refractivity contribution in [3.63, 3.8) is 0 Å². The Morgan fingerprint density at radius 1 is 1.17 bits per heavy atom. The first-order valence-electron chi connectivity index (χ1n) is 9.09. The van der Waals surface area contributed by atoms with E-state index in [9.17, 15) is 8.42 Å². The van der Waals surface area contributed by atoms with Gasteiger partial charge >= 0.3 is 6.01 Å². The molecule has 14 heteroatoms. The lowest BCUT2D eigenvalue weighted by molar-refractivity contribution is 0.0615. The first-order chi connectivity index (χ1) is 14.5. The molecule has 158 valence electrons. The van der Waals surface area contributed by atoms with Crippen molar-refractivity contribution in [2.45, 2.75) is 24.3 Å². The molecule has 13 nitrogen and oxygen atoms in total. The van der Waals surface area contributed by atoms with Gasteiger partial charge in [0.15, 0.2) is 0 Å². The second kappa shape index (κ2) is 7.39. The number of benzene rings is 1. The van der Waals surface area contributed by atoms with Gasteiger partial charge in [-0.25, -0.2) is 22.8 Å². The second-order valence-corrected chi connectivity index (χ2v) is 8.78. The minimum atomic E-state index is -3.38. The zero-order valence-corrected chi connectivity index (χ0v) is 16.6. The summed E-state index contributed by atoms with van der Waals surface area (Å²) in [6.07, 6.45) is 3.33. The predicted molar refractivity (Wildman–Crippen MR) is 99.5 cm³/mol. The third-order valence-corrected chi connectivity index (χ3v) is 5.63. The van der Waals surface area contributed by atoms with Crippen LogP contribution in [-0.4, -0.2) is 81.1 Å². The van der Waals surface area contributed by atoms with E-state index in [-0.39, 0.29) is 25.3 Å². The summed E-state index contributed by atoms with van der Waals surface area (Å²) in [5, 5.41) is 15.8. The van der Waals surface area contributed by atoms with Gasteiger partial charge in [-0.05, 0) is 34.7 Å². The molecule has 2 aliphatic heterocycles. The van der Waals surface area contributed by atoms with Crippen molar-refractivity contribution in [1.29, 1.82) is 0 Å². The fourth-order valence-electron chi connectivity index (χ4n) is 3.64. The van der Waals surface area contributed by atoms with Gasteiger partial charge in [0, 0.05) is 0 Å². The molecule has 0 aliphatic carbocycles. The Balaban J connectivity index is 1.31. The number of tetrazole rings is 1. The molecular weight excluding hydrogens is 416 g/mol. The SMILES string of the molecule is CS(=O)(=O)NC1COC2C1OCC2n1nnnc1Oc1ccc(-n2cncn2)cc1. The molecule has 3 aromatic rings. The van der Waals surface area contributed by atoms with E-state index in [1.54, 1.807) is 23.1 Å². The van der Waals surface area contributed by atoms with Crippen LogP contribution in [0.3, 0.4) is 0 Å². The summed E-state index contributed by atoms with van der Waals surface area (Å²) in [5.74, 6) is 0.536. The molecule has 30 heavy (non-hydrogen) atoms. The van der Waals surface area contributed by atoms with Gasteiger partial charge in [-0.3, -0.25) is 0 Å². The average Bonchev–Trinajstić information content (AvgIpc) is 3.47. The number of sulfonamides is 1. The van der Waals surface area contributed by atoms with Crippen LogP contribution in [0.2, 0.25) is 0 Å². The zero-order valence-electron chi connectivity index (χ0n) is 15.8. The number of hydrogen-bond acceptors (Lipinski definition) is 10. The summed E-state index contributed by atoms with van der Waals surface area (Å²) in [6.45, 7) is 0.477. The highest BCUT2D eigenvalue weighted by Crippen LogP contribution is 2.36. The van der Waals surface area contributed by atoms with E-state index in [0.29, 0.717) is 5.75 Å². The normalized spacial score (nSPS) is 26.0. The van der Waals surface area contributed by atoms with E-state index in [1.165, 1.54) is 11.0 Å². The summed E-state index contributed by atoms with van der Waals surface area (Å²) in [6, 6.07) is 6.56. The lowest BCUT2D eigenvalue weighted by Gasteiger charge is -2.17. The minimum Gasteiger partial charge on any atom is -0.423 e. The summed E-state index contributed by atoms with van der Waals surface area (Å²) in [7, 11) is -3.38. The highest BCUT2D eigenvalue weighted by molar-refractivity contribution is 7.88. The first-order valence-corrected chi connectivity index (χ1v) is 11.0. The minimum absolute atomic E-state index is 0.181. The molecule has 1 N–H and O–H groups in total. The molecule has 0 amide bonds. The number of nitrogens with zero attached hydrogens (tertiary/aromatic N) is 7. The molecule has 0 spiro atoms. The monoisotopic (exact) mass is 434 g/mol. The molecule has 2 aromatic heterocycles. The molecule has 1 aromatic carbocycles. The Bertz CT molecular complexity index is 1120. The Labute approximate surface area is 171 Å². The molecule has 0 radical (unpaired) electrons. The average molecular weight is 434 g/mol. The lowest BCUT2D eigenvalue weighted by atomic mass is 10.1. The number of hydrogen-bond donors (Lipinski definition) is 1. The van der Waals surface area contributed by atoms with E-state index in [0.717, 1.165) is 11.9 Å². The van der Waals surface area contributed by atoms with Crippen LogP contribution in [0, 0.1) is 0 Å². The number of rotatable bonds is 6. The van der Waals surface area contributed by atoms with Crippen molar-refractivity contribution in [1.82, 2.24) is 39.7 Å². The van der Waals surface area contributed by atoms with Crippen LogP contribution in [-0.2, 0) is 19.5 Å².